The Labute approximate surface area is 164 Å². The largest absolute Gasteiger partial charge is 0.493 e. The molecule has 2 unspecified atom stereocenters. The molecule has 1 N–H and O–H groups in total. The van der Waals surface area contributed by atoms with Crippen LogP contribution in [0.25, 0.3) is 0 Å². The van der Waals surface area contributed by atoms with Gasteiger partial charge in [-0.1, -0.05) is 22.0 Å². The number of methoxy groups -OCH3 is 4. The number of nitrogens with zero attached hydrogens (tertiary/aromatic N) is 1. The van der Waals surface area contributed by atoms with E-state index in [1.165, 1.54) is 40.6 Å². The number of benzene rings is 2. The van der Waals surface area contributed by atoms with Crippen LogP contribution in [0.2, 0.25) is 0 Å². The molecule has 0 aliphatic heterocycles. The summed E-state index contributed by atoms with van der Waals surface area (Å²) in [5, 5.41) is 22.0. The molecule has 0 saturated carbocycles. The first-order valence-corrected chi connectivity index (χ1v) is 8.73. The van der Waals surface area contributed by atoms with Crippen molar-refractivity contribution in [3.05, 3.63) is 51.6 Å². The zero-order valence-electron chi connectivity index (χ0n) is 15.3. The second kappa shape index (κ2) is 8.92. The summed E-state index contributed by atoms with van der Waals surface area (Å²) in [6, 6.07) is 7.74. The van der Waals surface area contributed by atoms with Gasteiger partial charge in [0.2, 0.25) is 5.75 Å². The number of nitro groups is 1. The number of hydrogen-bond donors (Lipinski definition) is 1. The summed E-state index contributed by atoms with van der Waals surface area (Å²) in [6.45, 7) is 0. The van der Waals surface area contributed by atoms with Crippen LogP contribution in [0.3, 0.4) is 0 Å². The van der Waals surface area contributed by atoms with Gasteiger partial charge in [0, 0.05) is 6.07 Å². The maximum absolute atomic E-state index is 11.2. The fourth-order valence-electron chi connectivity index (χ4n) is 2.64. The van der Waals surface area contributed by atoms with E-state index >= 15 is 0 Å². The predicted molar refractivity (Wildman–Crippen MR) is 102 cm³/mol. The fraction of sp³-hybridized carbons (Fsp3) is 0.333. The van der Waals surface area contributed by atoms with Crippen LogP contribution in [-0.4, -0.2) is 38.5 Å². The average Bonchev–Trinajstić information content (AvgIpc) is 2.70. The standard InChI is InChI=1S/C18H20BrNO7/c1-24-13-6-5-10(7-12(13)20(22)23)16(19)17(21)11-8-14(25-2)18(27-4)15(9-11)26-3/h5-9,16-17,21H,1-4H3. The predicted octanol–water partition coefficient (Wildman–Crippen LogP) is 3.80. The molecule has 0 aliphatic carbocycles. The second-order valence-electron chi connectivity index (χ2n) is 5.49. The van der Waals surface area contributed by atoms with E-state index in [9.17, 15) is 15.2 Å². The number of hydrogen-bond acceptors (Lipinski definition) is 7. The summed E-state index contributed by atoms with van der Waals surface area (Å²) in [6.07, 6.45) is -1.04. The molecule has 0 saturated heterocycles. The molecule has 0 aliphatic rings. The molecule has 0 spiro atoms. The lowest BCUT2D eigenvalue weighted by Crippen LogP contribution is -2.07. The molecule has 27 heavy (non-hydrogen) atoms. The maximum atomic E-state index is 11.2. The van der Waals surface area contributed by atoms with E-state index < -0.39 is 15.9 Å². The van der Waals surface area contributed by atoms with Gasteiger partial charge >= 0.3 is 5.69 Å². The van der Waals surface area contributed by atoms with E-state index in [0.717, 1.165) is 0 Å². The first-order chi connectivity index (χ1) is 12.9. The van der Waals surface area contributed by atoms with Crippen molar-refractivity contribution < 1.29 is 29.0 Å². The van der Waals surface area contributed by atoms with E-state index in [1.807, 2.05) is 0 Å². The third-order valence-electron chi connectivity index (χ3n) is 4.02. The Hall–Kier alpha value is -2.52. The zero-order chi connectivity index (χ0) is 20.1. The van der Waals surface area contributed by atoms with Crippen LogP contribution in [0, 0.1) is 10.1 Å². The molecule has 2 aromatic rings. The summed E-state index contributed by atoms with van der Waals surface area (Å²) in [7, 11) is 5.80. The Balaban J connectivity index is 2.44. The van der Waals surface area contributed by atoms with Crippen molar-refractivity contribution >= 4 is 21.6 Å². The molecule has 2 aromatic carbocycles. The topological polar surface area (TPSA) is 100 Å². The molecular formula is C18H20BrNO7. The highest BCUT2D eigenvalue weighted by Gasteiger charge is 2.26. The molecular weight excluding hydrogens is 422 g/mol. The first-order valence-electron chi connectivity index (χ1n) is 7.82. The molecule has 0 bridgehead atoms. The lowest BCUT2D eigenvalue weighted by Gasteiger charge is -2.21. The molecule has 0 fully saturated rings. The Kier molecular flexibility index (Phi) is 6.86. The van der Waals surface area contributed by atoms with Gasteiger partial charge in [-0.15, -0.1) is 0 Å². The number of halogens is 1. The molecule has 0 radical (unpaired) electrons. The van der Waals surface area contributed by atoms with Crippen LogP contribution < -0.4 is 18.9 Å². The number of nitro benzene ring substituents is 1. The minimum absolute atomic E-state index is 0.144. The van der Waals surface area contributed by atoms with Crippen LogP contribution in [0.1, 0.15) is 22.1 Å². The molecule has 9 heteroatoms. The smallest absolute Gasteiger partial charge is 0.311 e. The number of rotatable bonds is 8. The number of aliphatic hydroxyl groups is 1. The van der Waals surface area contributed by atoms with Crippen LogP contribution in [0.4, 0.5) is 5.69 Å². The number of ether oxygens (including phenoxy) is 4. The van der Waals surface area contributed by atoms with Gasteiger partial charge in [0.25, 0.3) is 0 Å². The summed E-state index contributed by atoms with van der Waals surface area (Å²) in [4.78, 5) is 10.1. The van der Waals surface area contributed by atoms with E-state index in [4.69, 9.17) is 18.9 Å². The lowest BCUT2D eigenvalue weighted by molar-refractivity contribution is -0.385. The number of alkyl halides is 1. The van der Waals surface area contributed by atoms with E-state index in [-0.39, 0.29) is 11.4 Å². The van der Waals surface area contributed by atoms with Crippen LogP contribution in [0.5, 0.6) is 23.0 Å². The molecule has 2 rings (SSSR count). The van der Waals surface area contributed by atoms with Crippen molar-refractivity contribution in [2.75, 3.05) is 28.4 Å². The molecule has 2 atom stereocenters. The first kappa shape index (κ1) is 20.8. The van der Waals surface area contributed by atoms with Crippen molar-refractivity contribution in [3.8, 4) is 23.0 Å². The Bertz CT molecular complexity index is 802. The molecule has 0 heterocycles. The van der Waals surface area contributed by atoms with Crippen LogP contribution in [-0.2, 0) is 0 Å². The van der Waals surface area contributed by atoms with Gasteiger partial charge < -0.3 is 24.1 Å². The van der Waals surface area contributed by atoms with Crippen molar-refractivity contribution in [2.24, 2.45) is 0 Å². The molecule has 0 amide bonds. The SMILES string of the molecule is COc1ccc(C(Br)C(O)c2cc(OC)c(OC)c(OC)c2)cc1[N+](=O)[O-]. The van der Waals surface area contributed by atoms with E-state index in [2.05, 4.69) is 15.9 Å². The van der Waals surface area contributed by atoms with Crippen molar-refractivity contribution in [3.63, 3.8) is 0 Å². The maximum Gasteiger partial charge on any atom is 0.311 e. The minimum Gasteiger partial charge on any atom is -0.493 e. The average molecular weight is 442 g/mol. The second-order valence-corrected chi connectivity index (χ2v) is 6.48. The van der Waals surface area contributed by atoms with Gasteiger partial charge in [-0.25, -0.2) is 0 Å². The Morgan fingerprint density at radius 2 is 1.48 bits per heavy atom. The quantitative estimate of drug-likeness (QED) is 0.377. The van der Waals surface area contributed by atoms with Gasteiger partial charge in [0.15, 0.2) is 17.2 Å². The van der Waals surface area contributed by atoms with Crippen LogP contribution >= 0.6 is 15.9 Å². The third-order valence-corrected chi connectivity index (χ3v) is 5.05. The molecule has 8 nitrogen and oxygen atoms in total. The van der Waals surface area contributed by atoms with Gasteiger partial charge in [0.05, 0.1) is 44.3 Å². The van der Waals surface area contributed by atoms with Gasteiger partial charge in [0.1, 0.15) is 0 Å². The fourth-order valence-corrected chi connectivity index (χ4v) is 3.23. The van der Waals surface area contributed by atoms with E-state index in [0.29, 0.717) is 28.4 Å². The van der Waals surface area contributed by atoms with Crippen LogP contribution in [0.15, 0.2) is 30.3 Å². The van der Waals surface area contributed by atoms with Crippen molar-refractivity contribution in [1.82, 2.24) is 0 Å². The summed E-state index contributed by atoms with van der Waals surface area (Å²) < 4.78 is 20.9. The molecule has 0 aromatic heterocycles. The Morgan fingerprint density at radius 3 is 1.93 bits per heavy atom. The third kappa shape index (κ3) is 4.25. The van der Waals surface area contributed by atoms with Gasteiger partial charge in [-0.2, -0.15) is 0 Å². The zero-order valence-corrected chi connectivity index (χ0v) is 16.8. The normalized spacial score (nSPS) is 12.8. The highest BCUT2D eigenvalue weighted by atomic mass is 79.9. The lowest BCUT2D eigenvalue weighted by atomic mass is 9.99. The Morgan fingerprint density at radius 1 is 0.926 bits per heavy atom. The summed E-state index contributed by atoms with van der Waals surface area (Å²) >= 11 is 3.42. The van der Waals surface area contributed by atoms with E-state index in [1.54, 1.807) is 18.2 Å². The summed E-state index contributed by atoms with van der Waals surface area (Å²) in [5.74, 6) is 1.34. The molecule has 146 valence electrons. The van der Waals surface area contributed by atoms with Crippen molar-refractivity contribution in [1.29, 1.82) is 0 Å². The summed E-state index contributed by atoms with van der Waals surface area (Å²) in [5.41, 5.74) is 0.824. The van der Waals surface area contributed by atoms with Gasteiger partial charge in [-0.05, 0) is 29.3 Å². The monoisotopic (exact) mass is 441 g/mol. The van der Waals surface area contributed by atoms with Crippen molar-refractivity contribution in [2.45, 2.75) is 10.9 Å². The van der Waals surface area contributed by atoms with Gasteiger partial charge in [-0.3, -0.25) is 10.1 Å². The highest BCUT2D eigenvalue weighted by molar-refractivity contribution is 9.09. The number of aliphatic hydroxyl groups excluding tert-OH is 1. The minimum atomic E-state index is -1.04. The highest BCUT2D eigenvalue weighted by Crippen LogP contribution is 2.44.